The van der Waals surface area contributed by atoms with E-state index in [1.165, 1.54) is 0 Å². The Balaban J connectivity index is 2.16. The van der Waals surface area contributed by atoms with Crippen LogP contribution in [0.5, 0.6) is 0 Å². The highest BCUT2D eigenvalue weighted by molar-refractivity contribution is 6.42. The van der Waals surface area contributed by atoms with Gasteiger partial charge in [-0.2, -0.15) is 0 Å². The zero-order valence-corrected chi connectivity index (χ0v) is 15.0. The predicted octanol–water partition coefficient (Wildman–Crippen LogP) is 5.12. The summed E-state index contributed by atoms with van der Waals surface area (Å²) in [7, 11) is 0. The number of carbonyl (C=O) groups is 1. The quantitative estimate of drug-likeness (QED) is 0.522. The number of fused-ring (bicyclic) bond motifs is 1. The van der Waals surface area contributed by atoms with E-state index in [4.69, 9.17) is 28.9 Å². The molecule has 1 aromatic heterocycles. The lowest BCUT2D eigenvalue weighted by atomic mass is 9.99. The molecule has 3 aromatic rings. The molecular formula is C19H18Cl2N2O2. The van der Waals surface area contributed by atoms with Crippen LogP contribution in [0, 0.1) is 0 Å². The number of nitrogens with two attached hydrogens (primary N) is 1. The number of rotatable bonds is 6. The molecule has 0 aliphatic heterocycles. The lowest BCUT2D eigenvalue weighted by Gasteiger charge is -2.07. The molecule has 0 saturated heterocycles. The van der Waals surface area contributed by atoms with Crippen molar-refractivity contribution in [3.05, 3.63) is 57.6 Å². The number of aromatic nitrogens is 1. The Morgan fingerprint density at radius 3 is 2.56 bits per heavy atom. The Kier molecular flexibility index (Phi) is 5.33. The molecule has 0 bridgehead atoms. The summed E-state index contributed by atoms with van der Waals surface area (Å²) in [5.74, 6) is -0.938. The third-order valence-corrected chi connectivity index (χ3v) is 4.98. The number of aryl methyl sites for hydroxylation is 1. The third-order valence-electron chi connectivity index (χ3n) is 4.24. The van der Waals surface area contributed by atoms with Crippen molar-refractivity contribution in [2.45, 2.75) is 19.3 Å². The van der Waals surface area contributed by atoms with Crippen LogP contribution in [-0.4, -0.2) is 22.6 Å². The van der Waals surface area contributed by atoms with Crippen molar-refractivity contribution in [2.75, 3.05) is 6.54 Å². The van der Waals surface area contributed by atoms with E-state index in [1.54, 1.807) is 24.3 Å². The van der Waals surface area contributed by atoms with Gasteiger partial charge in [-0.25, -0.2) is 4.79 Å². The van der Waals surface area contributed by atoms with E-state index in [9.17, 15) is 9.90 Å². The standard InChI is InChI=1S/C19H18Cl2N2O2/c20-15-6-4-11(10-16(15)21)18-13(3-1-2-8-22)14-9-12(19(24)25)5-7-17(14)23-18/h4-7,9-10,23H,1-3,8,22H2,(H,24,25). The summed E-state index contributed by atoms with van der Waals surface area (Å²) in [5, 5.41) is 11.2. The molecule has 0 atom stereocenters. The molecule has 6 heteroatoms. The normalized spacial score (nSPS) is 11.2. The fraction of sp³-hybridized carbons (Fsp3) is 0.211. The molecule has 25 heavy (non-hydrogen) atoms. The van der Waals surface area contributed by atoms with Gasteiger partial charge in [0.15, 0.2) is 0 Å². The van der Waals surface area contributed by atoms with Crippen molar-refractivity contribution in [1.82, 2.24) is 4.98 Å². The molecule has 0 aliphatic rings. The zero-order valence-electron chi connectivity index (χ0n) is 13.5. The number of carboxylic acids is 1. The lowest BCUT2D eigenvalue weighted by molar-refractivity contribution is 0.0697. The van der Waals surface area contributed by atoms with Gasteiger partial charge in [-0.15, -0.1) is 0 Å². The maximum atomic E-state index is 11.3. The molecule has 0 saturated carbocycles. The second kappa shape index (κ2) is 7.48. The second-order valence-corrected chi connectivity index (χ2v) is 6.73. The molecule has 0 amide bonds. The highest BCUT2D eigenvalue weighted by Crippen LogP contribution is 2.35. The molecule has 0 aliphatic carbocycles. The number of aromatic carboxylic acids is 1. The van der Waals surface area contributed by atoms with Gasteiger partial charge >= 0.3 is 5.97 Å². The highest BCUT2D eigenvalue weighted by atomic mass is 35.5. The van der Waals surface area contributed by atoms with Crippen LogP contribution in [-0.2, 0) is 6.42 Å². The van der Waals surface area contributed by atoms with Gasteiger partial charge < -0.3 is 15.8 Å². The van der Waals surface area contributed by atoms with Crippen molar-refractivity contribution in [3.63, 3.8) is 0 Å². The topological polar surface area (TPSA) is 79.1 Å². The summed E-state index contributed by atoms with van der Waals surface area (Å²) in [6, 6.07) is 10.6. The van der Waals surface area contributed by atoms with Crippen LogP contribution < -0.4 is 5.73 Å². The fourth-order valence-electron chi connectivity index (χ4n) is 2.98. The Morgan fingerprint density at radius 2 is 1.88 bits per heavy atom. The van der Waals surface area contributed by atoms with Crippen LogP contribution in [0.3, 0.4) is 0 Å². The summed E-state index contributed by atoms with van der Waals surface area (Å²) in [6.07, 6.45) is 2.64. The van der Waals surface area contributed by atoms with Crippen molar-refractivity contribution in [1.29, 1.82) is 0 Å². The number of benzene rings is 2. The minimum Gasteiger partial charge on any atom is -0.478 e. The number of H-pyrrole nitrogens is 1. The van der Waals surface area contributed by atoms with E-state index in [2.05, 4.69) is 4.98 Å². The molecule has 3 rings (SSSR count). The van der Waals surface area contributed by atoms with Gasteiger partial charge in [-0.3, -0.25) is 0 Å². The molecule has 1 heterocycles. The Hall–Kier alpha value is -2.01. The average molecular weight is 377 g/mol. The highest BCUT2D eigenvalue weighted by Gasteiger charge is 2.16. The number of unbranched alkanes of at least 4 members (excludes halogenated alkanes) is 1. The molecule has 0 fully saturated rings. The van der Waals surface area contributed by atoms with Crippen molar-refractivity contribution in [2.24, 2.45) is 5.73 Å². The largest absolute Gasteiger partial charge is 0.478 e. The molecule has 2 aromatic carbocycles. The van der Waals surface area contributed by atoms with E-state index in [0.717, 1.165) is 47.0 Å². The summed E-state index contributed by atoms with van der Waals surface area (Å²) in [4.78, 5) is 14.7. The monoisotopic (exact) mass is 376 g/mol. The number of halogens is 2. The molecule has 4 nitrogen and oxygen atoms in total. The minimum absolute atomic E-state index is 0.271. The summed E-state index contributed by atoms with van der Waals surface area (Å²) >= 11 is 12.2. The summed E-state index contributed by atoms with van der Waals surface area (Å²) < 4.78 is 0. The number of hydrogen-bond acceptors (Lipinski definition) is 2. The van der Waals surface area contributed by atoms with E-state index < -0.39 is 5.97 Å². The van der Waals surface area contributed by atoms with E-state index in [0.29, 0.717) is 16.6 Å². The van der Waals surface area contributed by atoms with Gasteiger partial charge in [0, 0.05) is 16.6 Å². The van der Waals surface area contributed by atoms with Crippen molar-refractivity contribution >= 4 is 40.1 Å². The molecular weight excluding hydrogens is 359 g/mol. The van der Waals surface area contributed by atoms with Crippen molar-refractivity contribution in [3.8, 4) is 11.3 Å². The van der Waals surface area contributed by atoms with Crippen LogP contribution in [0.15, 0.2) is 36.4 Å². The average Bonchev–Trinajstić information content (AvgIpc) is 2.95. The maximum absolute atomic E-state index is 11.3. The first-order valence-corrected chi connectivity index (χ1v) is 8.80. The van der Waals surface area contributed by atoms with Crippen LogP contribution in [0.25, 0.3) is 22.2 Å². The van der Waals surface area contributed by atoms with E-state index >= 15 is 0 Å². The molecule has 130 valence electrons. The first-order valence-electron chi connectivity index (χ1n) is 8.04. The maximum Gasteiger partial charge on any atom is 0.335 e. The van der Waals surface area contributed by atoms with E-state index in [-0.39, 0.29) is 5.56 Å². The summed E-state index contributed by atoms with van der Waals surface area (Å²) in [6.45, 7) is 0.630. The third kappa shape index (κ3) is 3.66. The van der Waals surface area contributed by atoms with Gasteiger partial charge in [0.25, 0.3) is 0 Å². The summed E-state index contributed by atoms with van der Waals surface area (Å²) in [5.41, 5.74) is 9.71. The second-order valence-electron chi connectivity index (χ2n) is 5.92. The van der Waals surface area contributed by atoms with Gasteiger partial charge in [-0.05, 0) is 67.3 Å². The van der Waals surface area contributed by atoms with Gasteiger partial charge in [0.2, 0.25) is 0 Å². The van der Waals surface area contributed by atoms with Crippen LogP contribution in [0.4, 0.5) is 0 Å². The molecule has 0 unspecified atom stereocenters. The van der Waals surface area contributed by atoms with Gasteiger partial charge in [0.1, 0.15) is 0 Å². The zero-order chi connectivity index (χ0) is 18.0. The van der Waals surface area contributed by atoms with Gasteiger partial charge in [-0.1, -0.05) is 29.3 Å². The number of nitrogens with one attached hydrogen (secondary N) is 1. The van der Waals surface area contributed by atoms with Crippen molar-refractivity contribution < 1.29 is 9.90 Å². The molecule has 4 N–H and O–H groups in total. The fourth-order valence-corrected chi connectivity index (χ4v) is 3.28. The number of carboxylic acid groups (broad SMARTS) is 1. The first kappa shape index (κ1) is 17.8. The van der Waals surface area contributed by atoms with Gasteiger partial charge in [0.05, 0.1) is 15.6 Å². The Labute approximate surface area is 155 Å². The number of aromatic amines is 1. The Bertz CT molecular complexity index is 935. The van der Waals surface area contributed by atoms with Crippen LogP contribution >= 0.6 is 23.2 Å². The van der Waals surface area contributed by atoms with Crippen LogP contribution in [0.1, 0.15) is 28.8 Å². The van der Waals surface area contributed by atoms with E-state index in [1.807, 2.05) is 12.1 Å². The van der Waals surface area contributed by atoms with Crippen LogP contribution in [0.2, 0.25) is 10.0 Å². The SMILES string of the molecule is NCCCCc1c(-c2ccc(Cl)c(Cl)c2)[nH]c2ccc(C(=O)O)cc12. The number of hydrogen-bond donors (Lipinski definition) is 3. The Morgan fingerprint density at radius 1 is 1.08 bits per heavy atom. The smallest absolute Gasteiger partial charge is 0.335 e. The predicted molar refractivity (Wildman–Crippen MR) is 103 cm³/mol. The first-order chi connectivity index (χ1) is 12.0. The lowest BCUT2D eigenvalue weighted by Crippen LogP contribution is -1.99. The minimum atomic E-state index is -0.938. The molecule has 0 radical (unpaired) electrons. The molecule has 0 spiro atoms.